The molecule has 9 heteroatoms. The van der Waals surface area contributed by atoms with Crippen molar-refractivity contribution >= 4 is 40.1 Å². The van der Waals surface area contributed by atoms with Crippen LogP contribution in [-0.2, 0) is 14.4 Å². The molecule has 3 heterocycles. The zero-order valence-electron chi connectivity index (χ0n) is 21.2. The monoisotopic (exact) mass is 494 g/mol. The maximum Gasteiger partial charge on any atom is 0.247 e. The standard InChI is InChI=1S/C27H34N4O5/c1-17-14-20-15-21(9-10-23(20)36-17)28-26(25(18(2)32)19(3)33)29-22-8-4-5-13-31(27(22)35)16-24(34)30-11-6-7-12-30/h9-10,14-15,22,32H,4-8,11-13,16H2,1-3H3,(H,28,29)/b25-18+/t22-/m0/s1. The van der Waals surface area contributed by atoms with Crippen molar-refractivity contribution in [2.45, 2.75) is 58.9 Å². The number of carbonyl (C=O) groups is 3. The van der Waals surface area contributed by atoms with Crippen LogP contribution in [0.1, 0.15) is 51.7 Å². The lowest BCUT2D eigenvalue weighted by Gasteiger charge is -2.25. The summed E-state index contributed by atoms with van der Waals surface area (Å²) in [5.41, 5.74) is 1.40. The Balaban J connectivity index is 1.64. The van der Waals surface area contributed by atoms with Crippen LogP contribution >= 0.6 is 0 Å². The molecule has 0 aliphatic carbocycles. The fourth-order valence-corrected chi connectivity index (χ4v) is 4.89. The third-order valence-corrected chi connectivity index (χ3v) is 6.68. The lowest BCUT2D eigenvalue weighted by Crippen LogP contribution is -2.45. The predicted molar refractivity (Wildman–Crippen MR) is 138 cm³/mol. The highest BCUT2D eigenvalue weighted by Gasteiger charge is 2.31. The van der Waals surface area contributed by atoms with Gasteiger partial charge < -0.3 is 24.6 Å². The van der Waals surface area contributed by atoms with Gasteiger partial charge in [-0.2, -0.15) is 0 Å². The third-order valence-electron chi connectivity index (χ3n) is 6.68. The number of anilines is 1. The molecule has 192 valence electrons. The number of furan rings is 1. The first-order valence-electron chi connectivity index (χ1n) is 12.6. The summed E-state index contributed by atoms with van der Waals surface area (Å²) in [6.07, 6.45) is 4.02. The van der Waals surface area contributed by atoms with Crippen molar-refractivity contribution in [3.63, 3.8) is 0 Å². The Hall–Kier alpha value is -3.62. The Morgan fingerprint density at radius 3 is 2.53 bits per heavy atom. The zero-order chi connectivity index (χ0) is 25.8. The van der Waals surface area contributed by atoms with E-state index < -0.39 is 6.04 Å². The summed E-state index contributed by atoms with van der Waals surface area (Å²) in [6, 6.07) is 6.60. The zero-order valence-corrected chi connectivity index (χ0v) is 21.2. The second-order valence-corrected chi connectivity index (χ2v) is 9.59. The van der Waals surface area contributed by atoms with E-state index in [0.29, 0.717) is 18.7 Å². The number of ketones is 1. The molecular formula is C27H34N4O5. The second kappa shape index (κ2) is 11.0. The lowest BCUT2D eigenvalue weighted by molar-refractivity contribution is -0.140. The topological polar surface area (TPSA) is 115 Å². The van der Waals surface area contributed by atoms with Crippen molar-refractivity contribution in [3.05, 3.63) is 41.4 Å². The van der Waals surface area contributed by atoms with Crippen LogP contribution in [0.15, 0.2) is 45.0 Å². The molecule has 0 bridgehead atoms. The summed E-state index contributed by atoms with van der Waals surface area (Å²) in [5.74, 6) is 0.0777. The van der Waals surface area contributed by atoms with Gasteiger partial charge in [0.25, 0.3) is 0 Å². The number of nitrogens with one attached hydrogen (secondary N) is 1. The van der Waals surface area contributed by atoms with Crippen LogP contribution < -0.4 is 5.32 Å². The van der Waals surface area contributed by atoms with Gasteiger partial charge in [-0.25, -0.2) is 0 Å². The fraction of sp³-hybridized carbons (Fsp3) is 0.481. The van der Waals surface area contributed by atoms with Crippen LogP contribution in [-0.4, -0.2) is 70.6 Å². The molecule has 1 aromatic carbocycles. The van der Waals surface area contributed by atoms with E-state index in [1.54, 1.807) is 11.0 Å². The van der Waals surface area contributed by atoms with Crippen molar-refractivity contribution in [1.29, 1.82) is 0 Å². The summed E-state index contributed by atoms with van der Waals surface area (Å²) in [5, 5.41) is 14.4. The van der Waals surface area contributed by atoms with Gasteiger partial charge >= 0.3 is 0 Å². The molecule has 0 unspecified atom stereocenters. The molecule has 2 aliphatic heterocycles. The van der Waals surface area contributed by atoms with Crippen molar-refractivity contribution in [2.24, 2.45) is 4.99 Å². The van der Waals surface area contributed by atoms with Crippen LogP contribution in [0.5, 0.6) is 0 Å². The van der Waals surface area contributed by atoms with Gasteiger partial charge in [0.05, 0.1) is 12.1 Å². The van der Waals surface area contributed by atoms with Gasteiger partial charge in [0.1, 0.15) is 29.0 Å². The van der Waals surface area contributed by atoms with Crippen molar-refractivity contribution in [1.82, 2.24) is 9.80 Å². The molecule has 0 saturated carbocycles. The van der Waals surface area contributed by atoms with Crippen LogP contribution in [0.25, 0.3) is 11.0 Å². The molecular weight excluding hydrogens is 460 g/mol. The quantitative estimate of drug-likeness (QED) is 0.272. The molecule has 4 rings (SSSR count). The number of amidine groups is 1. The summed E-state index contributed by atoms with van der Waals surface area (Å²) in [6.45, 7) is 6.65. The molecule has 2 aliphatic rings. The van der Waals surface area contributed by atoms with E-state index in [1.807, 2.05) is 30.0 Å². The van der Waals surface area contributed by atoms with Gasteiger partial charge in [0.2, 0.25) is 11.8 Å². The van der Waals surface area contributed by atoms with E-state index in [0.717, 1.165) is 55.5 Å². The Morgan fingerprint density at radius 1 is 1.11 bits per heavy atom. The number of amides is 2. The number of aliphatic imine (C=N–C) groups is 1. The molecule has 1 atom stereocenters. The van der Waals surface area contributed by atoms with E-state index in [4.69, 9.17) is 4.42 Å². The van der Waals surface area contributed by atoms with Crippen LogP contribution in [0, 0.1) is 6.92 Å². The average molecular weight is 495 g/mol. The molecule has 2 fully saturated rings. The number of aryl methyl sites for hydroxylation is 1. The van der Waals surface area contributed by atoms with E-state index in [1.165, 1.54) is 13.8 Å². The smallest absolute Gasteiger partial charge is 0.247 e. The third kappa shape index (κ3) is 5.78. The van der Waals surface area contributed by atoms with E-state index in [2.05, 4.69) is 10.3 Å². The lowest BCUT2D eigenvalue weighted by atomic mass is 10.1. The maximum atomic E-state index is 13.5. The molecule has 2 N–H and O–H groups in total. The first kappa shape index (κ1) is 25.5. The molecule has 9 nitrogen and oxygen atoms in total. The normalized spacial score (nSPS) is 19.9. The Bertz CT molecular complexity index is 1220. The average Bonchev–Trinajstić information content (AvgIpc) is 3.44. The van der Waals surface area contributed by atoms with Crippen LogP contribution in [0.3, 0.4) is 0 Å². The Labute approximate surface area is 210 Å². The van der Waals surface area contributed by atoms with Crippen LogP contribution in [0.4, 0.5) is 5.69 Å². The van der Waals surface area contributed by atoms with E-state index >= 15 is 0 Å². The number of Topliss-reactive ketones (excluding diaryl/α,β-unsaturated/α-hetero) is 1. The van der Waals surface area contributed by atoms with Gasteiger partial charge in [-0.1, -0.05) is 0 Å². The number of aliphatic hydroxyl groups is 1. The maximum absolute atomic E-state index is 13.5. The summed E-state index contributed by atoms with van der Waals surface area (Å²) >= 11 is 0. The number of fused-ring (bicyclic) bond motifs is 1. The molecule has 2 amide bonds. The SMILES string of the molecule is CC(=O)/C(C(=N[C@H]1CCCCN(CC(=O)N2CCCC2)C1=O)Nc1ccc2oc(C)cc2c1)=C(/C)O. The van der Waals surface area contributed by atoms with Crippen LogP contribution in [0.2, 0.25) is 0 Å². The summed E-state index contributed by atoms with van der Waals surface area (Å²) in [4.78, 5) is 46.8. The van der Waals surface area contributed by atoms with Gasteiger partial charge in [0.15, 0.2) is 5.78 Å². The molecule has 36 heavy (non-hydrogen) atoms. The first-order chi connectivity index (χ1) is 17.2. The number of likely N-dealkylation sites (tertiary alicyclic amines) is 2. The first-order valence-corrected chi connectivity index (χ1v) is 12.6. The molecule has 0 spiro atoms. The largest absolute Gasteiger partial charge is 0.512 e. The Morgan fingerprint density at radius 2 is 1.83 bits per heavy atom. The van der Waals surface area contributed by atoms with Crippen molar-refractivity contribution in [3.8, 4) is 0 Å². The minimum atomic E-state index is -0.769. The fourth-order valence-electron chi connectivity index (χ4n) is 4.89. The summed E-state index contributed by atoms with van der Waals surface area (Å²) in [7, 11) is 0. The van der Waals surface area contributed by atoms with Gasteiger partial charge in [0, 0.05) is 30.7 Å². The van der Waals surface area contributed by atoms with Crippen molar-refractivity contribution in [2.75, 3.05) is 31.5 Å². The van der Waals surface area contributed by atoms with E-state index in [9.17, 15) is 19.5 Å². The van der Waals surface area contributed by atoms with Gasteiger partial charge in [-0.05, 0) is 77.1 Å². The Kier molecular flexibility index (Phi) is 7.76. The number of allylic oxidation sites excluding steroid dienone is 1. The molecule has 1 aromatic heterocycles. The van der Waals surface area contributed by atoms with Gasteiger partial charge in [-0.15, -0.1) is 0 Å². The predicted octanol–water partition coefficient (Wildman–Crippen LogP) is 3.98. The number of benzene rings is 1. The minimum absolute atomic E-state index is 0.0233. The minimum Gasteiger partial charge on any atom is -0.512 e. The highest BCUT2D eigenvalue weighted by Crippen LogP contribution is 2.24. The number of carbonyl (C=O) groups excluding carboxylic acids is 3. The van der Waals surface area contributed by atoms with Crippen molar-refractivity contribution < 1.29 is 23.9 Å². The number of rotatable bonds is 6. The number of hydrogen-bond donors (Lipinski definition) is 2. The highest BCUT2D eigenvalue weighted by molar-refractivity contribution is 6.26. The number of hydrogen-bond acceptors (Lipinski definition) is 6. The number of aliphatic hydroxyl groups excluding tert-OH is 1. The second-order valence-electron chi connectivity index (χ2n) is 9.59. The molecule has 2 saturated heterocycles. The molecule has 2 aromatic rings. The molecule has 0 radical (unpaired) electrons. The summed E-state index contributed by atoms with van der Waals surface area (Å²) < 4.78 is 5.64. The van der Waals surface area contributed by atoms with E-state index in [-0.39, 0.29) is 41.3 Å². The van der Waals surface area contributed by atoms with Gasteiger partial charge in [-0.3, -0.25) is 19.4 Å². The number of nitrogens with zero attached hydrogens (tertiary/aromatic N) is 3. The highest BCUT2D eigenvalue weighted by atomic mass is 16.3.